The first-order chi connectivity index (χ1) is 13.1. The molecule has 2 N–H and O–H groups in total. The molecule has 28 heavy (non-hydrogen) atoms. The lowest BCUT2D eigenvalue weighted by atomic mass is 10.1. The normalized spacial score (nSPS) is 11.3. The number of nitrogens with zero attached hydrogens (tertiary/aromatic N) is 1. The minimum absolute atomic E-state index is 0.234. The predicted octanol–water partition coefficient (Wildman–Crippen LogP) is 2.55. The van der Waals surface area contributed by atoms with Crippen molar-refractivity contribution < 1.29 is 24.2 Å². The van der Waals surface area contributed by atoms with Crippen LogP contribution in [0.25, 0.3) is 10.9 Å². The molecule has 0 atom stereocenters. The van der Waals surface area contributed by atoms with Crippen LogP contribution in [0.3, 0.4) is 0 Å². The molecular formula is C20H26N2O6. The van der Waals surface area contributed by atoms with E-state index in [2.05, 4.69) is 5.32 Å². The number of alkyl carbamates (subject to hydrolysis) is 1. The summed E-state index contributed by atoms with van der Waals surface area (Å²) in [7, 11) is 0. The van der Waals surface area contributed by atoms with Crippen LogP contribution in [0, 0.1) is 0 Å². The SMILES string of the molecule is CCn1c(=O)c(CC(=O)O)cc2ccc(OCCNC(=O)OC(C)(C)C)cc21. The van der Waals surface area contributed by atoms with Crippen LogP contribution in [0.2, 0.25) is 0 Å². The number of fused-ring (bicyclic) bond motifs is 1. The lowest BCUT2D eigenvalue weighted by molar-refractivity contribution is -0.136. The molecule has 8 heteroatoms. The van der Waals surface area contributed by atoms with Gasteiger partial charge in [0.15, 0.2) is 0 Å². The Labute approximate surface area is 163 Å². The highest BCUT2D eigenvalue weighted by molar-refractivity contribution is 5.82. The number of carbonyl (C=O) groups excluding carboxylic acids is 1. The van der Waals surface area contributed by atoms with Gasteiger partial charge in [0.1, 0.15) is 18.0 Å². The number of hydrogen-bond donors (Lipinski definition) is 2. The van der Waals surface area contributed by atoms with Crippen molar-refractivity contribution in [3.8, 4) is 5.75 Å². The molecule has 0 bridgehead atoms. The van der Waals surface area contributed by atoms with Crippen molar-refractivity contribution >= 4 is 23.0 Å². The van der Waals surface area contributed by atoms with E-state index >= 15 is 0 Å². The molecule has 0 radical (unpaired) electrons. The van der Waals surface area contributed by atoms with Gasteiger partial charge in [0.2, 0.25) is 0 Å². The molecule has 0 unspecified atom stereocenters. The Kier molecular flexibility index (Phi) is 6.66. The average Bonchev–Trinajstić information content (AvgIpc) is 2.58. The molecule has 0 aliphatic heterocycles. The number of carboxylic acids is 1. The highest BCUT2D eigenvalue weighted by Gasteiger charge is 2.15. The van der Waals surface area contributed by atoms with Crippen molar-refractivity contribution in [2.24, 2.45) is 0 Å². The molecule has 1 amide bonds. The van der Waals surface area contributed by atoms with Gasteiger partial charge in [-0.15, -0.1) is 0 Å². The molecule has 0 aliphatic carbocycles. The van der Waals surface area contributed by atoms with E-state index in [0.29, 0.717) is 17.8 Å². The number of amides is 1. The molecule has 1 aromatic carbocycles. The molecule has 0 saturated heterocycles. The summed E-state index contributed by atoms with van der Waals surface area (Å²) < 4.78 is 12.3. The third-order valence-corrected chi connectivity index (χ3v) is 3.84. The summed E-state index contributed by atoms with van der Waals surface area (Å²) in [6.45, 7) is 8.09. The van der Waals surface area contributed by atoms with Crippen molar-refractivity contribution in [2.75, 3.05) is 13.2 Å². The molecule has 2 aromatic rings. The third kappa shape index (κ3) is 5.73. The fraction of sp³-hybridized carbons (Fsp3) is 0.450. The van der Waals surface area contributed by atoms with E-state index in [0.717, 1.165) is 5.39 Å². The van der Waals surface area contributed by atoms with Gasteiger partial charge in [-0.25, -0.2) is 4.79 Å². The van der Waals surface area contributed by atoms with Gasteiger partial charge in [-0.2, -0.15) is 0 Å². The Bertz CT molecular complexity index is 927. The summed E-state index contributed by atoms with van der Waals surface area (Å²) in [6, 6.07) is 6.86. The van der Waals surface area contributed by atoms with Crippen LogP contribution in [0.1, 0.15) is 33.3 Å². The van der Waals surface area contributed by atoms with Crippen LogP contribution in [0.4, 0.5) is 4.79 Å². The number of hydrogen-bond acceptors (Lipinski definition) is 5. The smallest absolute Gasteiger partial charge is 0.407 e. The number of aliphatic carboxylic acids is 1. The van der Waals surface area contributed by atoms with E-state index in [1.165, 1.54) is 4.57 Å². The van der Waals surface area contributed by atoms with Crippen molar-refractivity contribution in [3.63, 3.8) is 0 Å². The van der Waals surface area contributed by atoms with Crippen LogP contribution in [-0.4, -0.2) is 40.5 Å². The molecular weight excluding hydrogens is 364 g/mol. The number of ether oxygens (including phenoxy) is 2. The number of carboxylic acid groups (broad SMARTS) is 1. The van der Waals surface area contributed by atoms with Gasteiger partial charge in [0.25, 0.3) is 5.56 Å². The molecule has 0 spiro atoms. The lowest BCUT2D eigenvalue weighted by Crippen LogP contribution is -2.34. The summed E-state index contributed by atoms with van der Waals surface area (Å²) in [5.41, 5.74) is 0.0320. The summed E-state index contributed by atoms with van der Waals surface area (Å²) >= 11 is 0. The number of carbonyl (C=O) groups is 2. The first kappa shape index (κ1) is 21.3. The monoisotopic (exact) mass is 390 g/mol. The molecule has 0 fully saturated rings. The number of pyridine rings is 1. The van der Waals surface area contributed by atoms with E-state index < -0.39 is 17.7 Å². The Balaban J connectivity index is 2.10. The maximum absolute atomic E-state index is 12.5. The zero-order valence-electron chi connectivity index (χ0n) is 16.6. The second-order valence-electron chi connectivity index (χ2n) is 7.29. The molecule has 152 valence electrons. The summed E-state index contributed by atoms with van der Waals surface area (Å²) in [5, 5.41) is 12.4. The van der Waals surface area contributed by atoms with Crippen LogP contribution in [-0.2, 0) is 22.5 Å². The minimum atomic E-state index is -1.04. The van der Waals surface area contributed by atoms with Crippen LogP contribution >= 0.6 is 0 Å². The van der Waals surface area contributed by atoms with Gasteiger partial charge in [-0.1, -0.05) is 0 Å². The quantitative estimate of drug-likeness (QED) is 0.704. The molecule has 0 aliphatic rings. The topological polar surface area (TPSA) is 107 Å². The Morgan fingerprint density at radius 3 is 2.54 bits per heavy atom. The highest BCUT2D eigenvalue weighted by atomic mass is 16.6. The summed E-state index contributed by atoms with van der Waals surface area (Å²) in [5.74, 6) is -0.498. The van der Waals surface area contributed by atoms with Gasteiger partial charge < -0.3 is 24.5 Å². The third-order valence-electron chi connectivity index (χ3n) is 3.84. The molecule has 0 saturated carbocycles. The van der Waals surface area contributed by atoms with Crippen LogP contribution in [0.5, 0.6) is 5.75 Å². The number of aryl methyl sites for hydroxylation is 1. The number of aromatic nitrogens is 1. The second-order valence-corrected chi connectivity index (χ2v) is 7.29. The number of nitrogens with one attached hydrogen (secondary N) is 1. The first-order valence-corrected chi connectivity index (χ1v) is 9.08. The van der Waals surface area contributed by atoms with Gasteiger partial charge in [-0.3, -0.25) is 9.59 Å². The van der Waals surface area contributed by atoms with Crippen molar-refractivity contribution in [1.29, 1.82) is 0 Å². The van der Waals surface area contributed by atoms with Gasteiger partial charge in [0.05, 0.1) is 18.5 Å². The zero-order chi connectivity index (χ0) is 20.9. The standard InChI is InChI=1S/C20H26N2O6/c1-5-22-16-12-15(27-9-8-21-19(26)28-20(2,3)4)7-6-13(16)10-14(18(22)25)11-17(23)24/h6-7,10,12H,5,8-9,11H2,1-4H3,(H,21,26)(H,23,24). The van der Waals surface area contributed by atoms with E-state index in [1.54, 1.807) is 45.0 Å². The van der Waals surface area contributed by atoms with Crippen molar-refractivity contribution in [3.05, 3.63) is 40.2 Å². The second kappa shape index (κ2) is 8.77. The first-order valence-electron chi connectivity index (χ1n) is 9.08. The summed E-state index contributed by atoms with van der Waals surface area (Å²) in [6.07, 6.45) is -0.830. The van der Waals surface area contributed by atoms with Crippen LogP contribution < -0.4 is 15.6 Å². The molecule has 8 nitrogen and oxygen atoms in total. The van der Waals surface area contributed by atoms with Gasteiger partial charge in [0, 0.05) is 18.2 Å². The zero-order valence-corrected chi connectivity index (χ0v) is 16.6. The largest absolute Gasteiger partial charge is 0.492 e. The molecule has 1 heterocycles. The van der Waals surface area contributed by atoms with Crippen LogP contribution in [0.15, 0.2) is 29.1 Å². The van der Waals surface area contributed by atoms with E-state index in [-0.39, 0.29) is 30.7 Å². The Morgan fingerprint density at radius 1 is 1.21 bits per heavy atom. The molecule has 1 aromatic heterocycles. The fourth-order valence-corrected chi connectivity index (χ4v) is 2.74. The van der Waals surface area contributed by atoms with Crippen molar-refractivity contribution in [1.82, 2.24) is 9.88 Å². The van der Waals surface area contributed by atoms with E-state index in [4.69, 9.17) is 14.6 Å². The molecule has 2 rings (SSSR count). The number of rotatable bonds is 7. The predicted molar refractivity (Wildman–Crippen MR) is 105 cm³/mol. The fourth-order valence-electron chi connectivity index (χ4n) is 2.74. The van der Waals surface area contributed by atoms with E-state index in [1.807, 2.05) is 6.92 Å². The minimum Gasteiger partial charge on any atom is -0.492 e. The van der Waals surface area contributed by atoms with Gasteiger partial charge in [-0.05, 0) is 51.3 Å². The lowest BCUT2D eigenvalue weighted by Gasteiger charge is -2.19. The van der Waals surface area contributed by atoms with Crippen molar-refractivity contribution in [2.45, 2.75) is 46.3 Å². The average molecular weight is 390 g/mol. The Morgan fingerprint density at radius 2 is 1.93 bits per heavy atom. The summed E-state index contributed by atoms with van der Waals surface area (Å²) in [4.78, 5) is 35.1. The van der Waals surface area contributed by atoms with E-state index in [9.17, 15) is 14.4 Å². The number of benzene rings is 1. The highest BCUT2D eigenvalue weighted by Crippen LogP contribution is 2.21. The maximum Gasteiger partial charge on any atom is 0.407 e. The Hall–Kier alpha value is -3.03. The maximum atomic E-state index is 12.5. The van der Waals surface area contributed by atoms with Gasteiger partial charge >= 0.3 is 12.1 Å².